The molecule has 0 aromatic heterocycles. The highest BCUT2D eigenvalue weighted by molar-refractivity contribution is 6.34. The predicted molar refractivity (Wildman–Crippen MR) is 74.9 cm³/mol. The smallest absolute Gasteiger partial charge is 0.323 e. The third-order valence-corrected chi connectivity index (χ3v) is 2.60. The molecule has 0 heterocycles. The number of nitrogens with two attached hydrogens (primary N) is 1. The van der Waals surface area contributed by atoms with Gasteiger partial charge in [-0.25, -0.2) is 4.79 Å². The molecule has 0 aliphatic carbocycles. The van der Waals surface area contributed by atoms with Gasteiger partial charge in [-0.1, -0.05) is 29.8 Å². The third-order valence-electron chi connectivity index (χ3n) is 2.27. The van der Waals surface area contributed by atoms with E-state index in [1.807, 2.05) is 18.2 Å². The van der Waals surface area contributed by atoms with Crippen molar-refractivity contribution in [2.24, 2.45) is 0 Å². The van der Waals surface area contributed by atoms with Gasteiger partial charge in [-0.3, -0.25) is 0 Å². The van der Waals surface area contributed by atoms with E-state index < -0.39 is 0 Å². The molecule has 0 atom stereocenters. The first-order chi connectivity index (χ1) is 8.65. The summed E-state index contributed by atoms with van der Waals surface area (Å²) >= 11 is 5.95. The van der Waals surface area contributed by atoms with Gasteiger partial charge in [-0.15, -0.1) is 0 Å². The fraction of sp³-hybridized carbons (Fsp3) is 0. The Morgan fingerprint density at radius 1 is 1.06 bits per heavy atom. The zero-order chi connectivity index (χ0) is 13.0. The van der Waals surface area contributed by atoms with Crippen LogP contribution >= 0.6 is 11.6 Å². The minimum absolute atomic E-state index is 0.367. The molecule has 5 heteroatoms. The number of nitrogen functional groups attached to an aromatic ring is 1. The summed E-state index contributed by atoms with van der Waals surface area (Å²) in [5.41, 5.74) is 7.34. The van der Waals surface area contributed by atoms with Crippen molar-refractivity contribution < 1.29 is 4.79 Å². The van der Waals surface area contributed by atoms with Crippen molar-refractivity contribution >= 4 is 34.7 Å². The van der Waals surface area contributed by atoms with Crippen molar-refractivity contribution in [3.05, 3.63) is 53.6 Å². The summed E-state index contributed by atoms with van der Waals surface area (Å²) in [6.07, 6.45) is 0. The minimum Gasteiger partial charge on any atom is -0.399 e. The maximum atomic E-state index is 11.7. The fourth-order valence-electron chi connectivity index (χ4n) is 1.44. The molecule has 0 fully saturated rings. The molecule has 0 aliphatic heterocycles. The highest BCUT2D eigenvalue weighted by Crippen LogP contribution is 2.24. The van der Waals surface area contributed by atoms with Crippen LogP contribution < -0.4 is 16.4 Å². The number of amides is 2. The van der Waals surface area contributed by atoms with Gasteiger partial charge < -0.3 is 16.4 Å². The Kier molecular flexibility index (Phi) is 3.69. The highest BCUT2D eigenvalue weighted by Gasteiger charge is 2.06. The summed E-state index contributed by atoms with van der Waals surface area (Å²) in [7, 11) is 0. The zero-order valence-corrected chi connectivity index (χ0v) is 10.2. The SMILES string of the molecule is Nc1ccc(Cl)c(NC(=O)Nc2ccccc2)c1. The van der Waals surface area contributed by atoms with Gasteiger partial charge in [0.1, 0.15) is 0 Å². The quantitative estimate of drug-likeness (QED) is 0.724. The molecular formula is C13H12ClN3O. The first-order valence-corrected chi connectivity index (χ1v) is 5.71. The molecule has 2 rings (SSSR count). The van der Waals surface area contributed by atoms with Crippen LogP contribution in [0.1, 0.15) is 0 Å². The Hall–Kier alpha value is -2.20. The number of hydrogen-bond donors (Lipinski definition) is 3. The second kappa shape index (κ2) is 5.42. The van der Waals surface area contributed by atoms with E-state index in [9.17, 15) is 4.79 Å². The van der Waals surface area contributed by atoms with E-state index in [1.165, 1.54) is 0 Å². The van der Waals surface area contributed by atoms with Crippen molar-refractivity contribution in [3.63, 3.8) is 0 Å². The van der Waals surface area contributed by atoms with Crippen LogP contribution in [0.5, 0.6) is 0 Å². The number of para-hydroxylation sites is 1. The predicted octanol–water partition coefficient (Wildman–Crippen LogP) is 3.57. The number of anilines is 3. The van der Waals surface area contributed by atoms with Crippen LogP contribution in [0.25, 0.3) is 0 Å². The van der Waals surface area contributed by atoms with Crippen LogP contribution in [0, 0.1) is 0 Å². The largest absolute Gasteiger partial charge is 0.399 e. The summed E-state index contributed by atoms with van der Waals surface area (Å²) in [6, 6.07) is 13.7. The number of carbonyl (C=O) groups is 1. The van der Waals surface area contributed by atoms with E-state index >= 15 is 0 Å². The lowest BCUT2D eigenvalue weighted by Crippen LogP contribution is -2.19. The van der Waals surface area contributed by atoms with E-state index in [0.29, 0.717) is 22.1 Å². The molecule has 2 amide bonds. The van der Waals surface area contributed by atoms with Crippen molar-refractivity contribution in [1.29, 1.82) is 0 Å². The molecule has 0 saturated heterocycles. The lowest BCUT2D eigenvalue weighted by molar-refractivity contribution is 0.262. The van der Waals surface area contributed by atoms with Crippen LogP contribution in [0.15, 0.2) is 48.5 Å². The van der Waals surface area contributed by atoms with E-state index in [2.05, 4.69) is 10.6 Å². The molecule has 0 radical (unpaired) electrons. The standard InChI is InChI=1S/C13H12ClN3O/c14-11-7-6-9(15)8-12(11)17-13(18)16-10-4-2-1-3-5-10/h1-8H,15H2,(H2,16,17,18). The molecule has 0 saturated carbocycles. The number of hydrogen-bond acceptors (Lipinski definition) is 2. The maximum absolute atomic E-state index is 11.7. The van der Waals surface area contributed by atoms with E-state index in [1.54, 1.807) is 30.3 Å². The summed E-state index contributed by atoms with van der Waals surface area (Å²) in [6.45, 7) is 0. The normalized spacial score (nSPS) is 9.83. The molecule has 18 heavy (non-hydrogen) atoms. The van der Waals surface area contributed by atoms with Crippen LogP contribution in [0.2, 0.25) is 5.02 Å². The van der Waals surface area contributed by atoms with E-state index in [0.717, 1.165) is 0 Å². The number of benzene rings is 2. The lowest BCUT2D eigenvalue weighted by Gasteiger charge is -2.09. The molecule has 0 bridgehead atoms. The van der Waals surface area contributed by atoms with Crippen LogP contribution in [-0.4, -0.2) is 6.03 Å². The Bertz CT molecular complexity index is 557. The number of nitrogens with one attached hydrogen (secondary N) is 2. The lowest BCUT2D eigenvalue weighted by atomic mass is 10.3. The molecule has 2 aromatic carbocycles. The number of halogens is 1. The van der Waals surface area contributed by atoms with Crippen molar-refractivity contribution in [3.8, 4) is 0 Å². The van der Waals surface area contributed by atoms with Gasteiger partial charge in [-0.2, -0.15) is 0 Å². The Morgan fingerprint density at radius 3 is 2.50 bits per heavy atom. The van der Waals surface area contributed by atoms with Crippen LogP contribution in [0.4, 0.5) is 21.9 Å². The van der Waals surface area contributed by atoms with Crippen molar-refractivity contribution in [2.75, 3.05) is 16.4 Å². The zero-order valence-electron chi connectivity index (χ0n) is 9.48. The average molecular weight is 262 g/mol. The summed E-state index contributed by atoms with van der Waals surface area (Å²) < 4.78 is 0. The first-order valence-electron chi connectivity index (χ1n) is 5.33. The molecule has 2 aromatic rings. The van der Waals surface area contributed by atoms with E-state index in [-0.39, 0.29) is 6.03 Å². The average Bonchev–Trinajstić information content (AvgIpc) is 2.35. The van der Waals surface area contributed by atoms with Crippen molar-refractivity contribution in [2.45, 2.75) is 0 Å². The van der Waals surface area contributed by atoms with Gasteiger partial charge in [-0.05, 0) is 30.3 Å². The number of urea groups is 1. The second-order valence-electron chi connectivity index (χ2n) is 3.68. The monoisotopic (exact) mass is 261 g/mol. The van der Waals surface area contributed by atoms with Crippen molar-refractivity contribution in [1.82, 2.24) is 0 Å². The maximum Gasteiger partial charge on any atom is 0.323 e. The van der Waals surface area contributed by atoms with Gasteiger partial charge in [0.05, 0.1) is 10.7 Å². The second-order valence-corrected chi connectivity index (χ2v) is 4.09. The molecule has 0 aliphatic rings. The molecule has 4 N–H and O–H groups in total. The Labute approximate surface area is 110 Å². The number of rotatable bonds is 2. The summed E-state index contributed by atoms with van der Waals surface area (Å²) in [4.78, 5) is 11.7. The van der Waals surface area contributed by atoms with Gasteiger partial charge in [0.15, 0.2) is 0 Å². The molecular weight excluding hydrogens is 250 g/mol. The van der Waals surface area contributed by atoms with E-state index in [4.69, 9.17) is 17.3 Å². The third kappa shape index (κ3) is 3.15. The molecule has 4 nitrogen and oxygen atoms in total. The first kappa shape index (κ1) is 12.3. The van der Waals surface area contributed by atoms with Gasteiger partial charge in [0.25, 0.3) is 0 Å². The molecule has 0 unspecified atom stereocenters. The van der Waals surface area contributed by atoms with Crippen LogP contribution in [0.3, 0.4) is 0 Å². The number of carbonyl (C=O) groups excluding carboxylic acids is 1. The van der Waals surface area contributed by atoms with Gasteiger partial charge in [0.2, 0.25) is 0 Å². The van der Waals surface area contributed by atoms with Gasteiger partial charge >= 0.3 is 6.03 Å². The highest BCUT2D eigenvalue weighted by atomic mass is 35.5. The molecule has 92 valence electrons. The fourth-order valence-corrected chi connectivity index (χ4v) is 1.61. The Morgan fingerprint density at radius 2 is 1.78 bits per heavy atom. The molecule has 0 spiro atoms. The summed E-state index contributed by atoms with van der Waals surface area (Å²) in [5.74, 6) is 0. The minimum atomic E-state index is -0.367. The van der Waals surface area contributed by atoms with Crippen LogP contribution in [-0.2, 0) is 0 Å². The topological polar surface area (TPSA) is 67.1 Å². The Balaban J connectivity index is 2.05. The summed E-state index contributed by atoms with van der Waals surface area (Å²) in [5, 5.41) is 5.76. The van der Waals surface area contributed by atoms with Gasteiger partial charge in [0, 0.05) is 11.4 Å².